The normalized spacial score (nSPS) is 10.2. The fourth-order valence-electron chi connectivity index (χ4n) is 1.81. The van der Waals surface area contributed by atoms with Crippen LogP contribution in [-0.4, -0.2) is 5.78 Å². The van der Waals surface area contributed by atoms with Crippen molar-refractivity contribution >= 4 is 11.4 Å². The van der Waals surface area contributed by atoms with Gasteiger partial charge in [-0.25, -0.2) is 0 Å². The summed E-state index contributed by atoms with van der Waals surface area (Å²) in [6, 6.07) is 10.1. The van der Waals surface area contributed by atoms with Gasteiger partial charge in [-0.1, -0.05) is 56.7 Å². The van der Waals surface area contributed by atoms with Crippen molar-refractivity contribution in [1.29, 1.82) is 0 Å². The average Bonchev–Trinajstić information content (AvgIpc) is 2.37. The van der Waals surface area contributed by atoms with Gasteiger partial charge >= 0.3 is 0 Å². The van der Waals surface area contributed by atoms with E-state index in [1.807, 2.05) is 30.3 Å². The van der Waals surface area contributed by atoms with Crippen molar-refractivity contribution in [3.05, 3.63) is 42.5 Å². The first-order valence-corrected chi connectivity index (χ1v) is 6.49. The van der Waals surface area contributed by atoms with Crippen molar-refractivity contribution in [1.82, 2.24) is 0 Å². The van der Waals surface area contributed by atoms with Gasteiger partial charge in [-0.2, -0.15) is 0 Å². The molecule has 0 heterocycles. The molecule has 0 saturated carbocycles. The first-order chi connectivity index (χ1) is 8.24. The summed E-state index contributed by atoms with van der Waals surface area (Å²) in [6.45, 7) is 6.20. The zero-order valence-corrected chi connectivity index (χ0v) is 10.7. The van der Waals surface area contributed by atoms with E-state index in [2.05, 4.69) is 13.5 Å². The number of carbonyl (C=O) groups excluding carboxylic acids is 1. The summed E-state index contributed by atoms with van der Waals surface area (Å²) in [5, 5.41) is 0. The standard InChI is InChI=1S/C16H22O/c1-3-4-6-11-16(17)13-12-14(2)15-9-7-5-8-10-15/h5,7-10H,2-4,6,11-13H2,1H3. The quantitative estimate of drug-likeness (QED) is 0.595. The van der Waals surface area contributed by atoms with Crippen LogP contribution in [0.15, 0.2) is 36.9 Å². The lowest BCUT2D eigenvalue weighted by Crippen LogP contribution is -1.98. The van der Waals surface area contributed by atoms with Crippen LogP contribution in [0.2, 0.25) is 0 Å². The monoisotopic (exact) mass is 230 g/mol. The highest BCUT2D eigenvalue weighted by Gasteiger charge is 2.04. The lowest BCUT2D eigenvalue weighted by molar-refractivity contribution is -0.119. The highest BCUT2D eigenvalue weighted by molar-refractivity contribution is 5.80. The molecule has 1 heteroatoms. The molecule has 0 amide bonds. The third-order valence-electron chi connectivity index (χ3n) is 2.95. The number of hydrogen-bond acceptors (Lipinski definition) is 1. The van der Waals surface area contributed by atoms with E-state index >= 15 is 0 Å². The van der Waals surface area contributed by atoms with Crippen LogP contribution in [-0.2, 0) is 4.79 Å². The molecule has 0 aromatic heterocycles. The summed E-state index contributed by atoms with van der Waals surface area (Å²) < 4.78 is 0. The van der Waals surface area contributed by atoms with Gasteiger partial charge in [-0.15, -0.1) is 0 Å². The summed E-state index contributed by atoms with van der Waals surface area (Å²) in [5.41, 5.74) is 2.21. The second-order valence-corrected chi connectivity index (χ2v) is 4.47. The SMILES string of the molecule is C=C(CCC(=O)CCCCC)c1ccccc1. The van der Waals surface area contributed by atoms with E-state index < -0.39 is 0 Å². The molecule has 1 nitrogen and oxygen atoms in total. The van der Waals surface area contributed by atoms with Crippen molar-refractivity contribution in [3.63, 3.8) is 0 Å². The van der Waals surface area contributed by atoms with E-state index in [0.29, 0.717) is 12.2 Å². The van der Waals surface area contributed by atoms with Crippen molar-refractivity contribution in [2.45, 2.75) is 45.4 Å². The number of unbranched alkanes of at least 4 members (excludes halogenated alkanes) is 2. The Morgan fingerprint density at radius 2 is 1.76 bits per heavy atom. The van der Waals surface area contributed by atoms with Crippen LogP contribution in [0.1, 0.15) is 51.0 Å². The van der Waals surface area contributed by atoms with Crippen molar-refractivity contribution in [2.75, 3.05) is 0 Å². The van der Waals surface area contributed by atoms with Gasteiger partial charge in [0.15, 0.2) is 0 Å². The van der Waals surface area contributed by atoms with Crippen molar-refractivity contribution < 1.29 is 4.79 Å². The van der Waals surface area contributed by atoms with Crippen LogP contribution in [0.3, 0.4) is 0 Å². The first kappa shape index (κ1) is 13.7. The van der Waals surface area contributed by atoms with Gasteiger partial charge in [0, 0.05) is 12.8 Å². The molecular formula is C16H22O. The van der Waals surface area contributed by atoms with Gasteiger partial charge in [0.2, 0.25) is 0 Å². The minimum absolute atomic E-state index is 0.371. The Balaban J connectivity index is 2.26. The molecule has 0 atom stereocenters. The lowest BCUT2D eigenvalue weighted by atomic mass is 10.00. The van der Waals surface area contributed by atoms with E-state index in [1.54, 1.807) is 0 Å². The smallest absolute Gasteiger partial charge is 0.133 e. The molecule has 1 rings (SSSR count). The van der Waals surface area contributed by atoms with Crippen LogP contribution in [0, 0.1) is 0 Å². The van der Waals surface area contributed by atoms with Gasteiger partial charge in [-0.3, -0.25) is 4.79 Å². The Morgan fingerprint density at radius 3 is 2.41 bits per heavy atom. The third-order valence-corrected chi connectivity index (χ3v) is 2.95. The van der Waals surface area contributed by atoms with Crippen LogP contribution < -0.4 is 0 Å². The molecule has 92 valence electrons. The number of ketones is 1. The van der Waals surface area contributed by atoms with Crippen molar-refractivity contribution in [3.8, 4) is 0 Å². The molecule has 0 saturated heterocycles. The third kappa shape index (κ3) is 5.48. The lowest BCUT2D eigenvalue weighted by Gasteiger charge is -2.05. The maximum absolute atomic E-state index is 11.6. The summed E-state index contributed by atoms with van der Waals surface area (Å²) in [4.78, 5) is 11.6. The van der Waals surface area contributed by atoms with E-state index in [9.17, 15) is 4.79 Å². The Hall–Kier alpha value is -1.37. The molecule has 1 aromatic carbocycles. The molecule has 1 aromatic rings. The highest BCUT2D eigenvalue weighted by atomic mass is 16.1. The van der Waals surface area contributed by atoms with E-state index in [-0.39, 0.29) is 0 Å². The van der Waals surface area contributed by atoms with E-state index in [4.69, 9.17) is 0 Å². The first-order valence-electron chi connectivity index (χ1n) is 6.49. The number of allylic oxidation sites excluding steroid dienone is 1. The summed E-state index contributed by atoms with van der Waals surface area (Å²) in [5.74, 6) is 0.371. The zero-order valence-electron chi connectivity index (χ0n) is 10.7. The maximum atomic E-state index is 11.6. The van der Waals surface area contributed by atoms with Crippen LogP contribution in [0.5, 0.6) is 0 Å². The molecule has 0 N–H and O–H groups in total. The molecule has 0 fully saturated rings. The fourth-order valence-corrected chi connectivity index (χ4v) is 1.81. The molecular weight excluding hydrogens is 208 g/mol. The maximum Gasteiger partial charge on any atom is 0.133 e. The number of hydrogen-bond donors (Lipinski definition) is 0. The van der Waals surface area contributed by atoms with Gasteiger partial charge in [0.05, 0.1) is 0 Å². The van der Waals surface area contributed by atoms with Crippen LogP contribution >= 0.6 is 0 Å². The van der Waals surface area contributed by atoms with E-state index in [1.165, 1.54) is 6.42 Å². The highest BCUT2D eigenvalue weighted by Crippen LogP contribution is 2.18. The Labute approximate surface area is 105 Å². The summed E-state index contributed by atoms with van der Waals surface area (Å²) in [7, 11) is 0. The number of carbonyl (C=O) groups is 1. The minimum atomic E-state index is 0.371. The number of benzene rings is 1. The molecule has 0 unspecified atom stereocenters. The largest absolute Gasteiger partial charge is 0.300 e. The van der Waals surface area contributed by atoms with Gasteiger partial charge in [0.1, 0.15) is 5.78 Å². The molecule has 0 bridgehead atoms. The molecule has 17 heavy (non-hydrogen) atoms. The topological polar surface area (TPSA) is 17.1 Å². The van der Waals surface area contributed by atoms with Crippen LogP contribution in [0.25, 0.3) is 5.57 Å². The molecule has 0 spiro atoms. The van der Waals surface area contributed by atoms with Crippen molar-refractivity contribution in [2.24, 2.45) is 0 Å². The van der Waals surface area contributed by atoms with Crippen LogP contribution in [0.4, 0.5) is 0 Å². The fraction of sp³-hybridized carbons (Fsp3) is 0.438. The summed E-state index contributed by atoms with van der Waals surface area (Å²) >= 11 is 0. The van der Waals surface area contributed by atoms with Gasteiger partial charge in [-0.05, 0) is 24.0 Å². The van der Waals surface area contributed by atoms with Gasteiger partial charge < -0.3 is 0 Å². The molecule has 0 aliphatic rings. The predicted octanol–water partition coefficient (Wildman–Crippen LogP) is 4.63. The average molecular weight is 230 g/mol. The molecule has 0 radical (unpaired) electrons. The number of Topliss-reactive ketones (excluding diaryl/α,β-unsaturated/α-hetero) is 1. The predicted molar refractivity (Wildman–Crippen MR) is 73.9 cm³/mol. The molecule has 0 aliphatic heterocycles. The number of rotatable bonds is 8. The molecule has 0 aliphatic carbocycles. The Kier molecular flexibility index (Phi) is 6.31. The van der Waals surface area contributed by atoms with E-state index in [0.717, 1.165) is 36.8 Å². The second-order valence-electron chi connectivity index (χ2n) is 4.47. The Morgan fingerprint density at radius 1 is 1.06 bits per heavy atom. The second kappa shape index (κ2) is 7.83. The zero-order chi connectivity index (χ0) is 12.5. The summed E-state index contributed by atoms with van der Waals surface area (Å²) in [6.07, 6.45) is 5.52. The minimum Gasteiger partial charge on any atom is -0.300 e. The van der Waals surface area contributed by atoms with Gasteiger partial charge in [0.25, 0.3) is 0 Å². The Bertz CT molecular complexity index is 351.